The number of likely N-dealkylation sites (tertiary alicyclic amines) is 1. The van der Waals surface area contributed by atoms with Crippen molar-refractivity contribution in [2.24, 2.45) is 0 Å². The number of halogens is 7. The smallest absolute Gasteiger partial charge is 0.416 e. The average molecular weight is 533 g/mol. The van der Waals surface area contributed by atoms with Crippen molar-refractivity contribution < 1.29 is 54.9 Å². The standard InChI is InChI=1S/C24H18F7NO5/c25-22(26)11-32(12-23(22,27)28)21(35)17-10-37-18-6-5-15(36-8-7-19(33)34)9-16(18)20(17)13-1-3-14(4-2-13)24(29,30)31/h1-6,9H,7-8,10-12H2,(H,33,34). The molecule has 198 valence electrons. The third-order valence-electron chi connectivity index (χ3n) is 5.84. The van der Waals surface area contributed by atoms with Gasteiger partial charge in [0.05, 0.1) is 37.3 Å². The second-order valence-corrected chi connectivity index (χ2v) is 8.44. The number of carbonyl (C=O) groups is 2. The highest BCUT2D eigenvalue weighted by atomic mass is 19.4. The summed E-state index contributed by atoms with van der Waals surface area (Å²) in [6.45, 7) is -3.84. The first-order valence-electron chi connectivity index (χ1n) is 10.8. The summed E-state index contributed by atoms with van der Waals surface area (Å²) in [5.74, 6) is -10.9. The highest BCUT2D eigenvalue weighted by Crippen LogP contribution is 2.44. The largest absolute Gasteiger partial charge is 0.493 e. The zero-order chi connectivity index (χ0) is 27.2. The van der Waals surface area contributed by atoms with Crippen LogP contribution in [0.3, 0.4) is 0 Å². The van der Waals surface area contributed by atoms with E-state index in [9.17, 15) is 40.3 Å². The van der Waals surface area contributed by atoms with Gasteiger partial charge >= 0.3 is 24.0 Å². The van der Waals surface area contributed by atoms with Crippen molar-refractivity contribution in [2.45, 2.75) is 24.4 Å². The van der Waals surface area contributed by atoms with Crippen LogP contribution in [0.2, 0.25) is 0 Å². The van der Waals surface area contributed by atoms with E-state index in [4.69, 9.17) is 14.6 Å². The molecular weight excluding hydrogens is 515 g/mol. The predicted octanol–water partition coefficient (Wildman–Crippen LogP) is 4.87. The number of aliphatic carboxylic acids is 1. The van der Waals surface area contributed by atoms with Crippen LogP contribution in [0.1, 0.15) is 23.1 Å². The summed E-state index contributed by atoms with van der Waals surface area (Å²) < 4.78 is 105. The summed E-state index contributed by atoms with van der Waals surface area (Å²) in [7, 11) is 0. The Labute approximate surface area is 204 Å². The van der Waals surface area contributed by atoms with E-state index in [1.165, 1.54) is 18.2 Å². The molecule has 2 aliphatic heterocycles. The van der Waals surface area contributed by atoms with E-state index in [0.717, 1.165) is 24.3 Å². The monoisotopic (exact) mass is 533 g/mol. The maximum absolute atomic E-state index is 13.8. The zero-order valence-corrected chi connectivity index (χ0v) is 18.8. The number of nitrogens with zero attached hydrogens (tertiary/aromatic N) is 1. The van der Waals surface area contributed by atoms with Gasteiger partial charge in [-0.15, -0.1) is 0 Å². The number of hydrogen-bond donors (Lipinski definition) is 1. The average Bonchev–Trinajstić information content (AvgIpc) is 3.03. The number of rotatable bonds is 6. The molecule has 1 saturated heterocycles. The fourth-order valence-electron chi connectivity index (χ4n) is 3.99. The normalized spacial score (nSPS) is 18.3. The lowest BCUT2D eigenvalue weighted by Gasteiger charge is -2.27. The van der Waals surface area contributed by atoms with Crippen molar-refractivity contribution >= 4 is 17.4 Å². The van der Waals surface area contributed by atoms with Gasteiger partial charge in [0.25, 0.3) is 5.91 Å². The fourth-order valence-corrected chi connectivity index (χ4v) is 3.99. The van der Waals surface area contributed by atoms with Gasteiger partial charge in [0.1, 0.15) is 18.1 Å². The van der Waals surface area contributed by atoms with Gasteiger partial charge in [0.15, 0.2) is 0 Å². The van der Waals surface area contributed by atoms with Crippen molar-refractivity contribution in [2.75, 3.05) is 26.3 Å². The molecular formula is C24H18F7NO5. The number of hydrogen-bond acceptors (Lipinski definition) is 4. The van der Waals surface area contributed by atoms with Gasteiger partial charge in [-0.3, -0.25) is 9.59 Å². The Morgan fingerprint density at radius 1 is 1.00 bits per heavy atom. The van der Waals surface area contributed by atoms with E-state index >= 15 is 0 Å². The van der Waals surface area contributed by atoms with Crippen LogP contribution in [0, 0.1) is 0 Å². The lowest BCUT2D eigenvalue weighted by atomic mass is 9.89. The van der Waals surface area contributed by atoms with E-state index in [-0.39, 0.29) is 51.7 Å². The molecule has 0 unspecified atom stereocenters. The molecule has 0 aromatic heterocycles. The summed E-state index contributed by atoms with van der Waals surface area (Å²) in [6, 6.07) is 7.81. The summed E-state index contributed by atoms with van der Waals surface area (Å²) in [5.41, 5.74) is -1.12. The minimum Gasteiger partial charge on any atom is -0.493 e. The Balaban J connectivity index is 1.80. The van der Waals surface area contributed by atoms with E-state index in [1.807, 2.05) is 0 Å². The first-order chi connectivity index (χ1) is 17.2. The van der Waals surface area contributed by atoms with Crippen molar-refractivity contribution in [3.8, 4) is 11.5 Å². The number of ether oxygens (including phenoxy) is 2. The van der Waals surface area contributed by atoms with Gasteiger partial charge in [-0.25, -0.2) is 0 Å². The molecule has 1 amide bonds. The molecule has 4 rings (SSSR count). The Morgan fingerprint density at radius 2 is 1.62 bits per heavy atom. The van der Waals surface area contributed by atoms with Crippen LogP contribution in [-0.4, -0.2) is 60.0 Å². The van der Waals surface area contributed by atoms with Crippen LogP contribution in [0.15, 0.2) is 48.0 Å². The molecule has 1 N–H and O–H groups in total. The van der Waals surface area contributed by atoms with Crippen LogP contribution in [-0.2, 0) is 15.8 Å². The lowest BCUT2D eigenvalue weighted by molar-refractivity contribution is -0.172. The van der Waals surface area contributed by atoms with Crippen molar-refractivity contribution in [3.63, 3.8) is 0 Å². The molecule has 2 aliphatic rings. The molecule has 0 atom stereocenters. The second-order valence-electron chi connectivity index (χ2n) is 8.44. The molecule has 0 spiro atoms. The Kier molecular flexibility index (Phi) is 6.59. The number of carboxylic acid groups (broad SMARTS) is 1. The number of benzene rings is 2. The van der Waals surface area contributed by atoms with E-state index in [1.54, 1.807) is 0 Å². The maximum atomic E-state index is 13.8. The Morgan fingerprint density at radius 3 is 2.19 bits per heavy atom. The molecule has 1 fully saturated rings. The Bertz CT molecular complexity index is 1240. The third kappa shape index (κ3) is 5.20. The molecule has 13 heteroatoms. The second kappa shape index (κ2) is 9.27. The molecule has 2 aromatic rings. The topological polar surface area (TPSA) is 76.1 Å². The third-order valence-corrected chi connectivity index (χ3v) is 5.84. The SMILES string of the molecule is O=C(O)CCOc1ccc2c(c1)C(c1ccc(C(F)(F)F)cc1)=C(C(=O)N1CC(F)(F)C(F)(F)C1)CO2. The number of carboxylic acids is 1. The molecule has 2 aromatic carbocycles. The number of fused-ring (bicyclic) bond motifs is 1. The minimum atomic E-state index is -4.66. The highest BCUT2D eigenvalue weighted by molar-refractivity contribution is 6.06. The van der Waals surface area contributed by atoms with Gasteiger partial charge in [0.2, 0.25) is 0 Å². The van der Waals surface area contributed by atoms with E-state index in [2.05, 4.69) is 0 Å². The minimum absolute atomic E-state index is 0.0119. The first-order valence-corrected chi connectivity index (χ1v) is 10.8. The molecule has 6 nitrogen and oxygen atoms in total. The molecule has 0 saturated carbocycles. The number of amides is 1. The van der Waals surface area contributed by atoms with E-state index < -0.39 is 55.2 Å². The van der Waals surface area contributed by atoms with Gasteiger partial charge in [0, 0.05) is 11.1 Å². The van der Waals surface area contributed by atoms with Crippen LogP contribution < -0.4 is 9.47 Å². The van der Waals surface area contributed by atoms with E-state index in [0.29, 0.717) is 0 Å². The number of carbonyl (C=O) groups excluding carboxylic acids is 1. The Hall–Kier alpha value is -3.77. The number of alkyl halides is 7. The van der Waals surface area contributed by atoms with Crippen molar-refractivity contribution in [1.82, 2.24) is 4.90 Å². The van der Waals surface area contributed by atoms with Crippen LogP contribution in [0.4, 0.5) is 30.7 Å². The van der Waals surface area contributed by atoms with Crippen LogP contribution in [0.25, 0.3) is 5.57 Å². The maximum Gasteiger partial charge on any atom is 0.416 e. The first kappa shape index (κ1) is 26.3. The van der Waals surface area contributed by atoms with Crippen molar-refractivity contribution in [3.05, 3.63) is 64.7 Å². The highest BCUT2D eigenvalue weighted by Gasteiger charge is 2.64. The summed E-state index contributed by atoms with van der Waals surface area (Å²) in [5, 5.41) is 8.79. The van der Waals surface area contributed by atoms with Gasteiger partial charge < -0.3 is 19.5 Å². The molecule has 2 heterocycles. The van der Waals surface area contributed by atoms with Crippen LogP contribution in [0.5, 0.6) is 11.5 Å². The summed E-state index contributed by atoms with van der Waals surface area (Å²) in [6.07, 6.45) is -4.99. The summed E-state index contributed by atoms with van der Waals surface area (Å²) >= 11 is 0. The van der Waals surface area contributed by atoms with Gasteiger partial charge in [-0.1, -0.05) is 12.1 Å². The predicted molar refractivity (Wildman–Crippen MR) is 114 cm³/mol. The molecule has 37 heavy (non-hydrogen) atoms. The summed E-state index contributed by atoms with van der Waals surface area (Å²) in [4.78, 5) is 24.2. The quantitative estimate of drug-likeness (QED) is 0.537. The molecule has 0 bridgehead atoms. The molecule has 0 radical (unpaired) electrons. The van der Waals surface area contributed by atoms with Crippen molar-refractivity contribution in [1.29, 1.82) is 0 Å². The van der Waals surface area contributed by atoms with Crippen LogP contribution >= 0.6 is 0 Å². The zero-order valence-electron chi connectivity index (χ0n) is 18.8. The lowest BCUT2D eigenvalue weighted by Crippen LogP contribution is -2.38. The van der Waals surface area contributed by atoms with Gasteiger partial charge in [-0.05, 0) is 35.9 Å². The fraction of sp³-hybridized carbons (Fsp3) is 0.333. The van der Waals surface area contributed by atoms with Gasteiger partial charge in [-0.2, -0.15) is 30.7 Å². The molecule has 0 aliphatic carbocycles.